The summed E-state index contributed by atoms with van der Waals surface area (Å²) in [6, 6.07) is 3.51. The molecule has 0 spiro atoms. The summed E-state index contributed by atoms with van der Waals surface area (Å²) in [7, 11) is 1.28. The molecular formula is C11H13F2NO2. The molecule has 0 N–H and O–H groups in total. The van der Waals surface area contributed by atoms with E-state index >= 15 is 0 Å². The van der Waals surface area contributed by atoms with E-state index in [2.05, 4.69) is 4.74 Å². The average Bonchev–Trinajstić information content (AvgIpc) is 2.29. The topological polar surface area (TPSA) is 29.5 Å². The van der Waals surface area contributed by atoms with Crippen molar-refractivity contribution in [2.75, 3.05) is 25.1 Å². The molecule has 1 aromatic rings. The third kappa shape index (κ3) is 2.92. The minimum atomic E-state index is -0.930. The second-order valence-electron chi connectivity index (χ2n) is 3.19. The fourth-order valence-electron chi connectivity index (χ4n) is 1.29. The molecule has 0 saturated carbocycles. The first-order valence-corrected chi connectivity index (χ1v) is 4.85. The van der Waals surface area contributed by atoms with Crippen molar-refractivity contribution in [3.05, 3.63) is 29.8 Å². The number of nitrogens with zero attached hydrogens (tertiary/aromatic N) is 1. The maximum absolute atomic E-state index is 13.0. The van der Waals surface area contributed by atoms with E-state index in [0.29, 0.717) is 12.2 Å². The van der Waals surface area contributed by atoms with Crippen LogP contribution in [0.15, 0.2) is 18.2 Å². The Bertz CT molecular complexity index is 382. The van der Waals surface area contributed by atoms with Gasteiger partial charge >= 0.3 is 5.97 Å². The van der Waals surface area contributed by atoms with Crippen LogP contribution in [0.25, 0.3) is 0 Å². The minimum absolute atomic E-state index is 0.0120. The molecule has 0 atom stereocenters. The van der Waals surface area contributed by atoms with Crippen molar-refractivity contribution in [1.29, 1.82) is 0 Å². The number of carbonyl (C=O) groups is 1. The van der Waals surface area contributed by atoms with E-state index in [0.717, 1.165) is 12.1 Å². The number of halogens is 2. The van der Waals surface area contributed by atoms with Crippen molar-refractivity contribution < 1.29 is 18.3 Å². The molecule has 1 rings (SSSR count). The van der Waals surface area contributed by atoms with E-state index in [9.17, 15) is 13.6 Å². The number of benzene rings is 1. The second kappa shape index (κ2) is 5.44. The van der Waals surface area contributed by atoms with E-state index in [-0.39, 0.29) is 6.54 Å². The standard InChI is InChI=1S/C11H13F2NO2/c1-3-14(7-11(15)16-2)8-4-5-9(12)10(13)6-8/h4-6H,3,7H2,1-2H3. The van der Waals surface area contributed by atoms with Gasteiger partial charge in [-0.15, -0.1) is 0 Å². The molecule has 0 aromatic heterocycles. The highest BCUT2D eigenvalue weighted by atomic mass is 19.2. The number of esters is 1. The normalized spacial score (nSPS) is 10.0. The Labute approximate surface area is 92.6 Å². The lowest BCUT2D eigenvalue weighted by Gasteiger charge is -2.21. The molecule has 0 fully saturated rings. The molecule has 0 radical (unpaired) electrons. The predicted octanol–water partition coefficient (Wildman–Crippen LogP) is 1.96. The Morgan fingerprint density at radius 2 is 2.06 bits per heavy atom. The van der Waals surface area contributed by atoms with Gasteiger partial charge in [0.2, 0.25) is 0 Å². The van der Waals surface area contributed by atoms with Crippen molar-refractivity contribution in [3.63, 3.8) is 0 Å². The van der Waals surface area contributed by atoms with E-state index in [1.165, 1.54) is 13.2 Å². The summed E-state index contributed by atoms with van der Waals surface area (Å²) in [5.74, 6) is -2.26. The Morgan fingerprint density at radius 1 is 1.38 bits per heavy atom. The van der Waals surface area contributed by atoms with Crippen LogP contribution in [-0.2, 0) is 9.53 Å². The Hall–Kier alpha value is -1.65. The van der Waals surface area contributed by atoms with E-state index in [4.69, 9.17) is 0 Å². The van der Waals surface area contributed by atoms with Gasteiger partial charge in [-0.25, -0.2) is 8.78 Å². The van der Waals surface area contributed by atoms with Gasteiger partial charge in [0.15, 0.2) is 11.6 Å². The number of rotatable bonds is 4. The maximum atomic E-state index is 13.0. The van der Waals surface area contributed by atoms with Gasteiger partial charge in [0.25, 0.3) is 0 Å². The SMILES string of the molecule is CCN(CC(=O)OC)c1ccc(F)c(F)c1. The lowest BCUT2D eigenvalue weighted by Crippen LogP contribution is -2.30. The van der Waals surface area contributed by atoms with Gasteiger partial charge < -0.3 is 9.64 Å². The van der Waals surface area contributed by atoms with Gasteiger partial charge in [0.05, 0.1) is 7.11 Å². The lowest BCUT2D eigenvalue weighted by atomic mass is 10.2. The molecule has 0 unspecified atom stereocenters. The zero-order valence-corrected chi connectivity index (χ0v) is 9.17. The Kier molecular flexibility index (Phi) is 4.22. The third-order valence-electron chi connectivity index (χ3n) is 2.20. The van der Waals surface area contributed by atoms with Crippen molar-refractivity contribution in [3.8, 4) is 0 Å². The van der Waals surface area contributed by atoms with E-state index < -0.39 is 17.6 Å². The second-order valence-corrected chi connectivity index (χ2v) is 3.19. The van der Waals surface area contributed by atoms with Gasteiger partial charge in [0, 0.05) is 18.3 Å². The van der Waals surface area contributed by atoms with Crippen LogP contribution < -0.4 is 4.90 Å². The number of carbonyl (C=O) groups excluding carboxylic acids is 1. The van der Waals surface area contributed by atoms with Crippen LogP contribution in [0.4, 0.5) is 14.5 Å². The molecule has 3 nitrogen and oxygen atoms in total. The first-order chi connectivity index (χ1) is 7.58. The zero-order valence-electron chi connectivity index (χ0n) is 9.17. The van der Waals surface area contributed by atoms with Crippen molar-refractivity contribution in [2.45, 2.75) is 6.92 Å². The van der Waals surface area contributed by atoms with Gasteiger partial charge in [0.1, 0.15) is 6.54 Å². The molecule has 5 heteroatoms. The number of anilines is 1. The minimum Gasteiger partial charge on any atom is -0.468 e. The number of hydrogen-bond acceptors (Lipinski definition) is 3. The third-order valence-corrected chi connectivity index (χ3v) is 2.20. The monoisotopic (exact) mass is 229 g/mol. The van der Waals surface area contributed by atoms with Crippen molar-refractivity contribution in [1.82, 2.24) is 0 Å². The summed E-state index contributed by atoms with van der Waals surface area (Å²) < 4.78 is 30.2. The first kappa shape index (κ1) is 12.4. The number of hydrogen-bond donors (Lipinski definition) is 0. The van der Waals surface area contributed by atoms with Crippen LogP contribution in [0.1, 0.15) is 6.92 Å². The number of likely N-dealkylation sites (N-methyl/N-ethyl adjacent to an activating group) is 1. The highest BCUT2D eigenvalue weighted by molar-refractivity contribution is 5.75. The van der Waals surface area contributed by atoms with Crippen LogP contribution in [0.3, 0.4) is 0 Å². The van der Waals surface area contributed by atoms with Gasteiger partial charge in [-0.05, 0) is 19.1 Å². The lowest BCUT2D eigenvalue weighted by molar-refractivity contribution is -0.138. The maximum Gasteiger partial charge on any atom is 0.325 e. The first-order valence-electron chi connectivity index (χ1n) is 4.85. The van der Waals surface area contributed by atoms with E-state index in [1.807, 2.05) is 6.92 Å². The van der Waals surface area contributed by atoms with Crippen LogP contribution >= 0.6 is 0 Å². The van der Waals surface area contributed by atoms with Gasteiger partial charge in [-0.1, -0.05) is 0 Å². The van der Waals surface area contributed by atoms with Crippen molar-refractivity contribution >= 4 is 11.7 Å². The summed E-state index contributed by atoms with van der Waals surface area (Å²) in [6.07, 6.45) is 0. The van der Waals surface area contributed by atoms with Gasteiger partial charge in [-0.3, -0.25) is 4.79 Å². The molecule has 0 heterocycles. The quantitative estimate of drug-likeness (QED) is 0.739. The molecule has 0 aliphatic carbocycles. The molecule has 0 saturated heterocycles. The summed E-state index contributed by atoms with van der Waals surface area (Å²) >= 11 is 0. The number of ether oxygens (including phenoxy) is 1. The fourth-order valence-corrected chi connectivity index (χ4v) is 1.29. The highest BCUT2D eigenvalue weighted by Gasteiger charge is 2.12. The summed E-state index contributed by atoms with van der Waals surface area (Å²) in [5.41, 5.74) is 0.451. The fraction of sp³-hybridized carbons (Fsp3) is 0.364. The molecule has 0 aliphatic heterocycles. The van der Waals surface area contributed by atoms with Gasteiger partial charge in [-0.2, -0.15) is 0 Å². The summed E-state index contributed by atoms with van der Waals surface area (Å²) in [5, 5.41) is 0. The van der Waals surface area contributed by atoms with Crippen LogP contribution in [0.2, 0.25) is 0 Å². The van der Waals surface area contributed by atoms with Crippen LogP contribution in [-0.4, -0.2) is 26.2 Å². The molecule has 0 aliphatic rings. The average molecular weight is 229 g/mol. The highest BCUT2D eigenvalue weighted by Crippen LogP contribution is 2.17. The molecule has 16 heavy (non-hydrogen) atoms. The molecule has 0 amide bonds. The predicted molar refractivity (Wildman–Crippen MR) is 56.3 cm³/mol. The summed E-state index contributed by atoms with van der Waals surface area (Å²) in [6.45, 7) is 2.32. The molecule has 0 bridgehead atoms. The molecule has 1 aromatic carbocycles. The number of methoxy groups -OCH3 is 1. The van der Waals surface area contributed by atoms with Crippen molar-refractivity contribution in [2.24, 2.45) is 0 Å². The zero-order chi connectivity index (χ0) is 12.1. The molecular weight excluding hydrogens is 216 g/mol. The van der Waals surface area contributed by atoms with Crippen LogP contribution in [0, 0.1) is 11.6 Å². The Balaban J connectivity index is 2.86. The molecule has 88 valence electrons. The van der Waals surface area contributed by atoms with E-state index in [1.54, 1.807) is 4.90 Å². The summed E-state index contributed by atoms with van der Waals surface area (Å²) in [4.78, 5) is 12.7. The Morgan fingerprint density at radius 3 is 2.56 bits per heavy atom. The van der Waals surface area contributed by atoms with Crippen LogP contribution in [0.5, 0.6) is 0 Å². The smallest absolute Gasteiger partial charge is 0.325 e. The largest absolute Gasteiger partial charge is 0.468 e.